The maximum Gasteiger partial charge on any atom is 0.142 e. The van der Waals surface area contributed by atoms with Gasteiger partial charge in [0.2, 0.25) is 0 Å². The number of aryl methyl sites for hydroxylation is 1. The number of nitrogen functional groups attached to an aromatic ring is 1. The second-order valence-corrected chi connectivity index (χ2v) is 5.08. The minimum Gasteiger partial charge on any atom is -0.383 e. The second-order valence-electron chi connectivity index (χ2n) is 5.08. The quantitative estimate of drug-likeness (QED) is 0.757. The van der Waals surface area contributed by atoms with Crippen LogP contribution in [0.5, 0.6) is 0 Å². The number of imidazole rings is 1. The lowest BCUT2D eigenvalue weighted by Crippen LogP contribution is -2.03. The van der Waals surface area contributed by atoms with E-state index in [2.05, 4.69) is 21.0 Å². The normalized spacial score (nSPS) is 10.4. The third kappa shape index (κ3) is 2.21. The number of hydrogen-bond acceptors (Lipinski definition) is 4. The number of nitrogens with one attached hydrogen (secondary N) is 1. The summed E-state index contributed by atoms with van der Waals surface area (Å²) < 4.78 is 0. The number of H-pyrrole nitrogens is 1. The molecule has 0 aliphatic carbocycles. The highest BCUT2D eigenvalue weighted by Crippen LogP contribution is 2.34. The maximum atomic E-state index is 9.45. The fraction of sp³-hybridized carbons (Fsp3) is 0.118. The molecule has 5 nitrogen and oxygen atoms in total. The van der Waals surface area contributed by atoms with Crippen molar-refractivity contribution in [2.24, 2.45) is 0 Å². The molecule has 2 heterocycles. The van der Waals surface area contributed by atoms with Gasteiger partial charge in [0.1, 0.15) is 23.3 Å². The molecule has 0 unspecified atom stereocenters. The van der Waals surface area contributed by atoms with Crippen molar-refractivity contribution in [2.75, 3.05) is 5.73 Å². The van der Waals surface area contributed by atoms with Crippen LogP contribution < -0.4 is 5.73 Å². The third-order valence-electron chi connectivity index (χ3n) is 3.60. The Balaban J connectivity index is 2.33. The maximum absolute atomic E-state index is 9.45. The summed E-state index contributed by atoms with van der Waals surface area (Å²) in [5.74, 6) is 1.02. The minimum absolute atomic E-state index is 0.231. The van der Waals surface area contributed by atoms with Gasteiger partial charge in [0.15, 0.2) is 0 Å². The van der Waals surface area contributed by atoms with Crippen molar-refractivity contribution in [1.29, 1.82) is 5.26 Å². The number of nitrogens with two attached hydrogens (primary N) is 1. The van der Waals surface area contributed by atoms with Crippen molar-refractivity contribution in [3.05, 3.63) is 53.5 Å². The highest BCUT2D eigenvalue weighted by molar-refractivity contribution is 5.82. The van der Waals surface area contributed by atoms with Crippen LogP contribution in [0.3, 0.4) is 0 Å². The van der Waals surface area contributed by atoms with Crippen molar-refractivity contribution in [3.8, 4) is 28.6 Å². The van der Waals surface area contributed by atoms with E-state index in [1.54, 1.807) is 6.20 Å². The molecule has 22 heavy (non-hydrogen) atoms. The molecule has 0 saturated heterocycles. The molecule has 0 aliphatic rings. The molecule has 0 atom stereocenters. The van der Waals surface area contributed by atoms with Crippen molar-refractivity contribution in [3.63, 3.8) is 0 Å². The fourth-order valence-electron chi connectivity index (χ4n) is 2.57. The lowest BCUT2D eigenvalue weighted by atomic mass is 9.96. The van der Waals surface area contributed by atoms with Gasteiger partial charge in [0.25, 0.3) is 0 Å². The number of aromatic amines is 1. The Morgan fingerprint density at radius 1 is 1.18 bits per heavy atom. The van der Waals surface area contributed by atoms with E-state index in [9.17, 15) is 5.26 Å². The molecule has 5 heteroatoms. The summed E-state index contributed by atoms with van der Waals surface area (Å²) in [7, 11) is 0. The van der Waals surface area contributed by atoms with Gasteiger partial charge in [-0.2, -0.15) is 5.26 Å². The number of hydrogen-bond donors (Lipinski definition) is 2. The molecule has 0 saturated carbocycles. The summed E-state index contributed by atoms with van der Waals surface area (Å²) in [6, 6.07) is 12.0. The van der Waals surface area contributed by atoms with E-state index in [4.69, 9.17) is 5.73 Å². The van der Waals surface area contributed by atoms with E-state index in [1.165, 1.54) is 0 Å². The van der Waals surface area contributed by atoms with E-state index >= 15 is 0 Å². The third-order valence-corrected chi connectivity index (χ3v) is 3.60. The zero-order chi connectivity index (χ0) is 15.7. The Morgan fingerprint density at radius 2 is 1.91 bits per heavy atom. The lowest BCUT2D eigenvalue weighted by Gasteiger charge is -2.13. The number of benzene rings is 1. The Morgan fingerprint density at radius 3 is 2.50 bits per heavy atom. The first-order valence-corrected chi connectivity index (χ1v) is 6.89. The standard InChI is InChI=1S/C17H15N5/c1-10-15(14-9-20-11(2)21-14)13(8-18)17(19)22-16(10)12-6-4-3-5-7-12/h3-7,9H,1-2H3,(H2,19,22)(H,20,21). The van der Waals surface area contributed by atoms with Crippen LogP contribution in [0.15, 0.2) is 36.5 Å². The first kappa shape index (κ1) is 13.8. The van der Waals surface area contributed by atoms with Crippen LogP contribution in [0.25, 0.3) is 22.5 Å². The number of nitriles is 1. The van der Waals surface area contributed by atoms with Crippen molar-refractivity contribution in [1.82, 2.24) is 15.0 Å². The van der Waals surface area contributed by atoms with Crippen molar-refractivity contribution in [2.45, 2.75) is 13.8 Å². The largest absolute Gasteiger partial charge is 0.383 e. The van der Waals surface area contributed by atoms with Gasteiger partial charge < -0.3 is 10.7 Å². The van der Waals surface area contributed by atoms with Gasteiger partial charge >= 0.3 is 0 Å². The highest BCUT2D eigenvalue weighted by Gasteiger charge is 2.19. The molecule has 0 radical (unpaired) electrons. The molecule has 0 amide bonds. The monoisotopic (exact) mass is 289 g/mol. The Labute approximate surface area is 128 Å². The fourth-order valence-corrected chi connectivity index (χ4v) is 2.57. The van der Waals surface area contributed by atoms with E-state index in [-0.39, 0.29) is 5.82 Å². The molecular formula is C17H15N5. The molecule has 3 rings (SSSR count). The van der Waals surface area contributed by atoms with Gasteiger partial charge in [0.05, 0.1) is 17.6 Å². The average molecular weight is 289 g/mol. The van der Waals surface area contributed by atoms with Gasteiger partial charge in [-0.05, 0) is 19.4 Å². The number of rotatable bonds is 2. The first-order valence-electron chi connectivity index (χ1n) is 6.89. The van der Waals surface area contributed by atoms with Gasteiger partial charge in [-0.25, -0.2) is 9.97 Å². The van der Waals surface area contributed by atoms with E-state index in [0.717, 1.165) is 33.9 Å². The van der Waals surface area contributed by atoms with Gasteiger partial charge in [-0.3, -0.25) is 0 Å². The summed E-state index contributed by atoms with van der Waals surface area (Å²) >= 11 is 0. The topological polar surface area (TPSA) is 91.4 Å². The molecule has 108 valence electrons. The van der Waals surface area contributed by atoms with Crippen LogP contribution in [-0.2, 0) is 0 Å². The zero-order valence-corrected chi connectivity index (χ0v) is 12.4. The summed E-state index contributed by atoms with van der Waals surface area (Å²) in [5, 5.41) is 9.45. The highest BCUT2D eigenvalue weighted by atomic mass is 14.9. The average Bonchev–Trinajstić information content (AvgIpc) is 2.95. The lowest BCUT2D eigenvalue weighted by molar-refractivity contribution is 1.15. The summed E-state index contributed by atoms with van der Waals surface area (Å²) in [6.07, 6.45) is 1.72. The van der Waals surface area contributed by atoms with Gasteiger partial charge in [0, 0.05) is 11.1 Å². The molecule has 2 aromatic heterocycles. The van der Waals surface area contributed by atoms with Crippen molar-refractivity contribution >= 4 is 5.82 Å². The first-order chi connectivity index (χ1) is 10.6. The van der Waals surface area contributed by atoms with E-state index < -0.39 is 0 Å². The van der Waals surface area contributed by atoms with Crippen LogP contribution in [0.1, 0.15) is 17.0 Å². The molecule has 0 aliphatic heterocycles. The SMILES string of the molecule is Cc1ncc(-c2c(C)c(-c3ccccc3)nc(N)c2C#N)[nH]1. The molecule has 1 aromatic carbocycles. The Bertz CT molecular complexity index is 872. The van der Waals surface area contributed by atoms with E-state index in [1.807, 2.05) is 44.2 Å². The van der Waals surface area contributed by atoms with Gasteiger partial charge in [-0.1, -0.05) is 30.3 Å². The molecule has 3 N–H and O–H groups in total. The van der Waals surface area contributed by atoms with Crippen LogP contribution >= 0.6 is 0 Å². The second kappa shape index (κ2) is 5.34. The van der Waals surface area contributed by atoms with Gasteiger partial charge in [-0.15, -0.1) is 0 Å². The number of nitrogens with zero attached hydrogens (tertiary/aromatic N) is 3. The minimum atomic E-state index is 0.231. The van der Waals surface area contributed by atoms with E-state index in [0.29, 0.717) is 5.56 Å². The molecule has 3 aromatic rings. The predicted molar refractivity (Wildman–Crippen MR) is 85.9 cm³/mol. The summed E-state index contributed by atoms with van der Waals surface area (Å²) in [5.41, 5.74) is 10.6. The summed E-state index contributed by atoms with van der Waals surface area (Å²) in [4.78, 5) is 11.8. The van der Waals surface area contributed by atoms with Crippen LogP contribution in [-0.4, -0.2) is 15.0 Å². The van der Waals surface area contributed by atoms with Crippen LogP contribution in [0.4, 0.5) is 5.82 Å². The number of pyridine rings is 1. The molecule has 0 fully saturated rings. The van der Waals surface area contributed by atoms with Crippen molar-refractivity contribution < 1.29 is 0 Å². The molecular weight excluding hydrogens is 274 g/mol. The smallest absolute Gasteiger partial charge is 0.142 e. The Kier molecular flexibility index (Phi) is 3.36. The summed E-state index contributed by atoms with van der Waals surface area (Å²) in [6.45, 7) is 3.81. The number of anilines is 1. The van der Waals surface area contributed by atoms with Crippen LogP contribution in [0, 0.1) is 25.2 Å². The molecule has 0 spiro atoms. The zero-order valence-electron chi connectivity index (χ0n) is 12.4. The molecule has 0 bridgehead atoms. The van der Waals surface area contributed by atoms with Crippen LogP contribution in [0.2, 0.25) is 0 Å². The number of aromatic nitrogens is 3. The Hall–Kier alpha value is -3.13. The predicted octanol–water partition coefficient (Wildman–Crippen LogP) is 3.21.